The van der Waals surface area contributed by atoms with E-state index in [1.54, 1.807) is 18.6 Å². The Morgan fingerprint density at radius 3 is 2.95 bits per heavy atom. The monoisotopic (exact) mass is 287 g/mol. The number of nitrogens with one attached hydrogen (secondary N) is 2. The summed E-state index contributed by atoms with van der Waals surface area (Å²) in [7, 11) is 0. The predicted octanol–water partition coefficient (Wildman–Crippen LogP) is 1.69. The fourth-order valence-corrected chi connectivity index (χ4v) is 2.11. The van der Waals surface area contributed by atoms with Gasteiger partial charge in [-0.15, -0.1) is 0 Å². The van der Waals surface area contributed by atoms with Crippen molar-refractivity contribution in [3.8, 4) is 0 Å². The molecule has 4 N–H and O–H groups in total. The molecule has 6 nitrogen and oxygen atoms in total. The second kappa shape index (κ2) is 7.44. The van der Waals surface area contributed by atoms with Gasteiger partial charge in [0, 0.05) is 25.5 Å². The molecule has 0 radical (unpaired) electrons. The van der Waals surface area contributed by atoms with Crippen LogP contribution in [0.2, 0.25) is 0 Å². The third-order valence-corrected chi connectivity index (χ3v) is 3.26. The summed E-state index contributed by atoms with van der Waals surface area (Å²) in [4.78, 5) is 16.1. The van der Waals surface area contributed by atoms with Crippen LogP contribution in [0.15, 0.2) is 36.9 Å². The van der Waals surface area contributed by atoms with Gasteiger partial charge in [-0.3, -0.25) is 10.6 Å². The Balaban J connectivity index is 1.76. The molecule has 0 saturated heterocycles. The molecule has 21 heavy (non-hydrogen) atoms. The first-order valence-corrected chi connectivity index (χ1v) is 7.02. The van der Waals surface area contributed by atoms with E-state index in [2.05, 4.69) is 15.7 Å². The lowest BCUT2D eigenvalue weighted by atomic mass is 10.1. The molecule has 1 aromatic heterocycles. The molecule has 0 unspecified atom stereocenters. The fourth-order valence-electron chi connectivity index (χ4n) is 2.11. The molecule has 2 aromatic rings. The van der Waals surface area contributed by atoms with E-state index < -0.39 is 0 Å². The van der Waals surface area contributed by atoms with Gasteiger partial charge in [0.1, 0.15) is 0 Å². The quantitative estimate of drug-likeness (QED) is 0.411. The molecule has 6 heteroatoms. The first-order valence-electron chi connectivity index (χ1n) is 7.02. The van der Waals surface area contributed by atoms with E-state index >= 15 is 0 Å². The van der Waals surface area contributed by atoms with Crippen molar-refractivity contribution in [3.63, 3.8) is 0 Å². The van der Waals surface area contributed by atoms with Gasteiger partial charge in [0.05, 0.1) is 17.6 Å². The average molecular weight is 287 g/mol. The maximum Gasteiger partial charge on any atom is 0.253 e. The Morgan fingerprint density at radius 1 is 1.38 bits per heavy atom. The Hall–Kier alpha value is -2.34. The van der Waals surface area contributed by atoms with Crippen molar-refractivity contribution in [1.29, 1.82) is 0 Å². The number of amides is 1. The first-order chi connectivity index (χ1) is 10.2. The Bertz CT molecular complexity index is 580. The summed E-state index contributed by atoms with van der Waals surface area (Å²) in [6.45, 7) is 3.51. The smallest absolute Gasteiger partial charge is 0.253 e. The molecule has 0 atom stereocenters. The molecule has 2 rings (SSSR count). The van der Waals surface area contributed by atoms with Gasteiger partial charge < -0.3 is 15.3 Å². The highest BCUT2D eigenvalue weighted by molar-refractivity contribution is 5.99. The van der Waals surface area contributed by atoms with Crippen molar-refractivity contribution in [1.82, 2.24) is 14.9 Å². The van der Waals surface area contributed by atoms with Gasteiger partial charge in [-0.05, 0) is 37.5 Å². The number of unbranched alkanes of at least 4 members (excludes halogenated alkanes) is 1. The van der Waals surface area contributed by atoms with Crippen LogP contribution < -0.4 is 16.6 Å². The molecule has 112 valence electrons. The number of hydrogen-bond acceptors (Lipinski definition) is 4. The number of aryl methyl sites for hydroxylation is 2. The number of anilines is 1. The molecule has 0 aliphatic carbocycles. The second-order valence-corrected chi connectivity index (χ2v) is 4.96. The maximum absolute atomic E-state index is 12.1. The number of nitrogen functional groups attached to an aromatic ring is 1. The van der Waals surface area contributed by atoms with E-state index in [-0.39, 0.29) is 5.91 Å². The van der Waals surface area contributed by atoms with E-state index in [1.807, 2.05) is 29.8 Å². The number of carbonyl (C=O) groups excluding carboxylic acids is 1. The summed E-state index contributed by atoms with van der Waals surface area (Å²) < 4.78 is 2.03. The zero-order chi connectivity index (χ0) is 15.1. The van der Waals surface area contributed by atoms with Gasteiger partial charge >= 0.3 is 0 Å². The summed E-state index contributed by atoms with van der Waals surface area (Å²) in [6, 6.07) is 5.54. The number of rotatable bonds is 7. The summed E-state index contributed by atoms with van der Waals surface area (Å²) in [5.74, 6) is 5.34. The number of hydrazine groups is 1. The molecule has 0 fully saturated rings. The minimum Gasteiger partial charge on any atom is -0.352 e. The molecule has 0 aliphatic heterocycles. The summed E-state index contributed by atoms with van der Waals surface area (Å²) in [5.41, 5.74) is 4.83. The van der Waals surface area contributed by atoms with Gasteiger partial charge in [-0.25, -0.2) is 4.98 Å². The van der Waals surface area contributed by atoms with Crippen molar-refractivity contribution in [3.05, 3.63) is 48.0 Å². The molecular formula is C15H21N5O. The van der Waals surface area contributed by atoms with E-state index in [0.717, 1.165) is 24.9 Å². The van der Waals surface area contributed by atoms with Crippen LogP contribution in [0.1, 0.15) is 28.8 Å². The van der Waals surface area contributed by atoms with Crippen molar-refractivity contribution >= 4 is 11.6 Å². The van der Waals surface area contributed by atoms with Crippen LogP contribution in [-0.2, 0) is 6.54 Å². The van der Waals surface area contributed by atoms with Crippen LogP contribution in [0.5, 0.6) is 0 Å². The Kier molecular flexibility index (Phi) is 5.34. The summed E-state index contributed by atoms with van der Waals surface area (Å²) >= 11 is 0. The van der Waals surface area contributed by atoms with Gasteiger partial charge in [0.25, 0.3) is 5.91 Å². The SMILES string of the molecule is Cc1ccc(C(=O)NCCCCn2ccnc2)c(NN)c1. The van der Waals surface area contributed by atoms with Crippen LogP contribution in [0.25, 0.3) is 0 Å². The van der Waals surface area contributed by atoms with Crippen molar-refractivity contribution in [2.45, 2.75) is 26.3 Å². The Morgan fingerprint density at radius 2 is 2.24 bits per heavy atom. The van der Waals surface area contributed by atoms with Crippen molar-refractivity contribution in [2.24, 2.45) is 5.84 Å². The minimum atomic E-state index is -0.106. The van der Waals surface area contributed by atoms with Crippen molar-refractivity contribution in [2.75, 3.05) is 12.0 Å². The molecular weight excluding hydrogens is 266 g/mol. The highest BCUT2D eigenvalue weighted by Gasteiger charge is 2.10. The van der Waals surface area contributed by atoms with E-state index in [0.29, 0.717) is 17.8 Å². The fraction of sp³-hybridized carbons (Fsp3) is 0.333. The molecule has 1 aromatic carbocycles. The van der Waals surface area contributed by atoms with Crippen LogP contribution >= 0.6 is 0 Å². The van der Waals surface area contributed by atoms with Gasteiger partial charge in [0.2, 0.25) is 0 Å². The zero-order valence-electron chi connectivity index (χ0n) is 12.2. The van der Waals surface area contributed by atoms with Crippen LogP contribution in [-0.4, -0.2) is 22.0 Å². The second-order valence-electron chi connectivity index (χ2n) is 4.96. The topological polar surface area (TPSA) is 85.0 Å². The number of nitrogens with zero attached hydrogens (tertiary/aromatic N) is 2. The van der Waals surface area contributed by atoms with E-state index in [9.17, 15) is 4.79 Å². The lowest BCUT2D eigenvalue weighted by molar-refractivity contribution is 0.0953. The molecule has 0 spiro atoms. The molecule has 1 amide bonds. The average Bonchev–Trinajstić information content (AvgIpc) is 2.99. The number of hydrogen-bond donors (Lipinski definition) is 3. The lowest BCUT2D eigenvalue weighted by Crippen LogP contribution is -2.26. The number of imidazole rings is 1. The summed E-state index contributed by atoms with van der Waals surface area (Å²) in [5, 5.41) is 2.91. The number of carbonyl (C=O) groups is 1. The number of nitrogens with two attached hydrogens (primary N) is 1. The Labute approximate surface area is 124 Å². The minimum absolute atomic E-state index is 0.106. The third kappa shape index (κ3) is 4.32. The lowest BCUT2D eigenvalue weighted by Gasteiger charge is -2.10. The standard InChI is InChI=1S/C15H21N5O/c1-12-4-5-13(14(10-12)19-16)15(21)18-6-2-3-8-20-9-7-17-11-20/h4-5,7,9-11,19H,2-3,6,8,16H2,1H3,(H,18,21). The molecule has 0 saturated carbocycles. The van der Waals surface area contributed by atoms with Crippen LogP contribution in [0.3, 0.4) is 0 Å². The summed E-state index contributed by atoms with van der Waals surface area (Å²) in [6.07, 6.45) is 7.41. The zero-order valence-corrected chi connectivity index (χ0v) is 12.2. The normalized spacial score (nSPS) is 10.4. The van der Waals surface area contributed by atoms with E-state index in [1.165, 1.54) is 0 Å². The third-order valence-electron chi connectivity index (χ3n) is 3.26. The first kappa shape index (κ1) is 15.1. The molecule has 0 aliphatic rings. The number of benzene rings is 1. The molecule has 0 bridgehead atoms. The van der Waals surface area contributed by atoms with Crippen LogP contribution in [0.4, 0.5) is 5.69 Å². The van der Waals surface area contributed by atoms with Gasteiger partial charge in [0.15, 0.2) is 0 Å². The highest BCUT2D eigenvalue weighted by Crippen LogP contribution is 2.16. The predicted molar refractivity (Wildman–Crippen MR) is 82.8 cm³/mol. The molecule has 1 heterocycles. The van der Waals surface area contributed by atoms with Gasteiger partial charge in [-0.2, -0.15) is 0 Å². The number of aromatic nitrogens is 2. The van der Waals surface area contributed by atoms with Crippen LogP contribution in [0, 0.1) is 6.92 Å². The highest BCUT2D eigenvalue weighted by atomic mass is 16.1. The maximum atomic E-state index is 12.1. The van der Waals surface area contributed by atoms with Gasteiger partial charge in [-0.1, -0.05) is 6.07 Å². The van der Waals surface area contributed by atoms with Crippen molar-refractivity contribution < 1.29 is 4.79 Å². The largest absolute Gasteiger partial charge is 0.352 e. The van der Waals surface area contributed by atoms with E-state index in [4.69, 9.17) is 5.84 Å².